The normalized spacial score (nSPS) is 11.0. The smallest absolute Gasteiger partial charge is 0.199 e. The molecule has 130 valence electrons. The van der Waals surface area contributed by atoms with Crippen LogP contribution in [0.25, 0.3) is 0 Å². The summed E-state index contributed by atoms with van der Waals surface area (Å²) in [5.74, 6) is 1.08. The number of benzene rings is 3. The number of hydrogen-bond acceptors (Lipinski definition) is 1. The van der Waals surface area contributed by atoms with E-state index in [1.54, 1.807) is 0 Å². The Morgan fingerprint density at radius 1 is 0.808 bits per heavy atom. The first-order chi connectivity index (χ1) is 12.8. The van der Waals surface area contributed by atoms with Crippen LogP contribution in [0.2, 0.25) is 0 Å². The summed E-state index contributed by atoms with van der Waals surface area (Å²) in [6.07, 6.45) is 0. The van der Waals surface area contributed by atoms with E-state index < -0.39 is 0 Å². The molecule has 0 saturated carbocycles. The highest BCUT2D eigenvalue weighted by molar-refractivity contribution is 7.80. The van der Waals surface area contributed by atoms with Crippen molar-refractivity contribution < 1.29 is 0 Å². The lowest BCUT2D eigenvalue weighted by Crippen LogP contribution is -2.19. The van der Waals surface area contributed by atoms with Gasteiger partial charge in [0.25, 0.3) is 0 Å². The Balaban J connectivity index is 1.89. The number of thiocarbonyl (C=S) groups is 1. The molecule has 0 spiro atoms. The minimum atomic E-state index is 0.380. The second kappa shape index (κ2) is 9.13. The molecule has 5 heteroatoms. The predicted molar refractivity (Wildman–Crippen MR) is 115 cm³/mol. The van der Waals surface area contributed by atoms with Crippen LogP contribution in [0.4, 0.5) is 11.4 Å². The predicted octanol–water partition coefficient (Wildman–Crippen LogP) is 5.68. The van der Waals surface area contributed by atoms with E-state index >= 15 is 0 Å². The zero-order valence-electron chi connectivity index (χ0n) is 14.0. The van der Waals surface area contributed by atoms with Crippen molar-refractivity contribution in [3.8, 4) is 0 Å². The second-order valence-electron chi connectivity index (χ2n) is 5.54. The van der Waals surface area contributed by atoms with Gasteiger partial charge in [0.05, 0.1) is 0 Å². The lowest BCUT2D eigenvalue weighted by atomic mass is 10.1. The van der Waals surface area contributed by atoms with Gasteiger partial charge in [0.15, 0.2) is 5.11 Å². The molecule has 0 aromatic heterocycles. The van der Waals surface area contributed by atoms with Crippen molar-refractivity contribution in [3.05, 3.63) is 96.1 Å². The third kappa shape index (κ3) is 4.91. The Kier molecular flexibility index (Phi) is 6.36. The Bertz CT molecular complexity index is 895. The van der Waals surface area contributed by atoms with Crippen LogP contribution >= 0.6 is 23.8 Å². The summed E-state index contributed by atoms with van der Waals surface area (Å²) in [4.78, 5) is 4.60. The number of rotatable bonds is 4. The Hall–Kier alpha value is -2.69. The first-order valence-corrected chi connectivity index (χ1v) is 9.11. The number of amidine groups is 1. The Morgan fingerprint density at radius 2 is 1.42 bits per heavy atom. The summed E-state index contributed by atoms with van der Waals surface area (Å²) in [6.45, 7) is 0. The maximum atomic E-state index is 6.06. The molecular formula is C21H18ClN3S. The molecule has 2 N–H and O–H groups in total. The number of nitrogens with zero attached hydrogens (tertiary/aromatic N) is 1. The van der Waals surface area contributed by atoms with Crippen LogP contribution in [0, 0.1) is 0 Å². The maximum Gasteiger partial charge on any atom is 0.199 e. The standard InChI is InChI=1S/C21H18ClN3S/c22-15-17-11-7-8-14-19(17)24-20(16-9-3-1-4-10-16)25-21(26)23-18-12-5-2-6-13-18/h1-14H,15H2,(H2,23,24,25,26). The fourth-order valence-corrected chi connectivity index (χ4v) is 2.86. The summed E-state index contributed by atoms with van der Waals surface area (Å²) >= 11 is 11.5. The van der Waals surface area contributed by atoms with Gasteiger partial charge in [-0.05, 0) is 36.0 Å². The van der Waals surface area contributed by atoms with E-state index in [4.69, 9.17) is 23.8 Å². The molecule has 0 aliphatic rings. The average Bonchev–Trinajstić information content (AvgIpc) is 2.69. The molecule has 3 aromatic carbocycles. The highest BCUT2D eigenvalue weighted by atomic mass is 35.5. The molecule has 0 unspecified atom stereocenters. The lowest BCUT2D eigenvalue weighted by Gasteiger charge is -2.14. The van der Waals surface area contributed by atoms with Crippen LogP contribution in [-0.4, -0.2) is 10.9 Å². The molecule has 0 atom stereocenters. The SMILES string of the molecule is S=C(/N=C(/Nc1ccccc1CCl)c1ccccc1)Nc1ccccc1. The number of halogens is 1. The minimum Gasteiger partial charge on any atom is -0.339 e. The molecule has 3 aromatic rings. The first kappa shape index (κ1) is 18.1. The minimum absolute atomic E-state index is 0.380. The van der Waals surface area contributed by atoms with Gasteiger partial charge >= 0.3 is 0 Å². The maximum absolute atomic E-state index is 6.06. The number of aliphatic imine (C=N–C) groups is 1. The van der Waals surface area contributed by atoms with Crippen molar-refractivity contribution in [3.63, 3.8) is 0 Å². The zero-order valence-corrected chi connectivity index (χ0v) is 15.6. The third-order valence-corrected chi connectivity index (χ3v) is 4.18. The van der Waals surface area contributed by atoms with Crippen LogP contribution in [0.15, 0.2) is 89.9 Å². The van der Waals surface area contributed by atoms with E-state index in [1.807, 2.05) is 84.9 Å². The molecular weight excluding hydrogens is 362 g/mol. The van der Waals surface area contributed by atoms with E-state index in [9.17, 15) is 0 Å². The Morgan fingerprint density at radius 3 is 2.12 bits per heavy atom. The van der Waals surface area contributed by atoms with E-state index in [0.717, 1.165) is 22.5 Å². The third-order valence-electron chi connectivity index (χ3n) is 3.70. The van der Waals surface area contributed by atoms with E-state index in [1.165, 1.54) is 0 Å². The highest BCUT2D eigenvalue weighted by Gasteiger charge is 2.08. The molecule has 0 radical (unpaired) electrons. The molecule has 3 nitrogen and oxygen atoms in total. The quantitative estimate of drug-likeness (QED) is 0.265. The molecule has 26 heavy (non-hydrogen) atoms. The van der Waals surface area contributed by atoms with Crippen molar-refractivity contribution in [1.29, 1.82) is 0 Å². The number of hydrogen-bond donors (Lipinski definition) is 2. The van der Waals surface area contributed by atoms with Gasteiger partial charge in [-0.15, -0.1) is 11.6 Å². The second-order valence-corrected chi connectivity index (χ2v) is 6.19. The molecule has 0 aliphatic heterocycles. The molecule has 0 amide bonds. The van der Waals surface area contributed by atoms with Gasteiger partial charge in [0.1, 0.15) is 5.84 Å². The molecule has 0 saturated heterocycles. The first-order valence-electron chi connectivity index (χ1n) is 8.17. The van der Waals surface area contributed by atoms with Crippen molar-refractivity contribution >= 4 is 46.1 Å². The van der Waals surface area contributed by atoms with Crippen LogP contribution in [0.3, 0.4) is 0 Å². The van der Waals surface area contributed by atoms with E-state index in [-0.39, 0.29) is 0 Å². The van der Waals surface area contributed by atoms with Gasteiger partial charge in [-0.2, -0.15) is 0 Å². The highest BCUT2D eigenvalue weighted by Crippen LogP contribution is 2.18. The molecule has 0 aliphatic carbocycles. The molecule has 0 bridgehead atoms. The fraction of sp³-hybridized carbons (Fsp3) is 0.0476. The van der Waals surface area contributed by atoms with Crippen molar-refractivity contribution in [2.45, 2.75) is 5.88 Å². The van der Waals surface area contributed by atoms with Gasteiger partial charge in [-0.3, -0.25) is 0 Å². The van der Waals surface area contributed by atoms with Gasteiger partial charge in [-0.25, -0.2) is 4.99 Å². The summed E-state index contributed by atoms with van der Waals surface area (Å²) < 4.78 is 0. The van der Waals surface area contributed by atoms with Gasteiger partial charge in [0.2, 0.25) is 0 Å². The van der Waals surface area contributed by atoms with Crippen LogP contribution in [0.1, 0.15) is 11.1 Å². The zero-order chi connectivity index (χ0) is 18.2. The topological polar surface area (TPSA) is 36.4 Å². The van der Waals surface area contributed by atoms with Gasteiger partial charge < -0.3 is 10.6 Å². The number of anilines is 2. The number of alkyl halides is 1. The van der Waals surface area contributed by atoms with Crippen molar-refractivity contribution in [2.75, 3.05) is 10.6 Å². The van der Waals surface area contributed by atoms with Crippen molar-refractivity contribution in [1.82, 2.24) is 0 Å². The van der Waals surface area contributed by atoms with Crippen LogP contribution < -0.4 is 10.6 Å². The van der Waals surface area contributed by atoms with E-state index in [2.05, 4.69) is 15.6 Å². The monoisotopic (exact) mass is 379 g/mol. The molecule has 3 rings (SSSR count). The Labute approximate surface area is 163 Å². The summed E-state index contributed by atoms with van der Waals surface area (Å²) in [5, 5.41) is 6.88. The summed E-state index contributed by atoms with van der Waals surface area (Å²) in [6, 6.07) is 27.5. The van der Waals surface area contributed by atoms with Gasteiger partial charge in [-0.1, -0.05) is 66.7 Å². The number of para-hydroxylation sites is 2. The van der Waals surface area contributed by atoms with Crippen LogP contribution in [0.5, 0.6) is 0 Å². The molecule has 0 heterocycles. The fourth-order valence-electron chi connectivity index (χ4n) is 2.42. The lowest BCUT2D eigenvalue weighted by molar-refractivity contribution is 1.39. The van der Waals surface area contributed by atoms with Crippen molar-refractivity contribution in [2.24, 2.45) is 4.99 Å². The van der Waals surface area contributed by atoms with E-state index in [0.29, 0.717) is 16.8 Å². The number of nitrogens with one attached hydrogen (secondary N) is 2. The van der Waals surface area contributed by atoms with Crippen LogP contribution in [-0.2, 0) is 5.88 Å². The summed E-state index contributed by atoms with van der Waals surface area (Å²) in [7, 11) is 0. The average molecular weight is 380 g/mol. The summed E-state index contributed by atoms with van der Waals surface area (Å²) in [5.41, 5.74) is 3.75. The largest absolute Gasteiger partial charge is 0.339 e. The molecule has 0 fully saturated rings. The van der Waals surface area contributed by atoms with Gasteiger partial charge in [0, 0.05) is 22.8 Å².